The zero-order valence-electron chi connectivity index (χ0n) is 22.4. The van der Waals surface area contributed by atoms with Crippen LogP contribution >= 0.6 is 11.3 Å². The topological polar surface area (TPSA) is 129 Å². The highest BCUT2D eigenvalue weighted by atomic mass is 32.1. The van der Waals surface area contributed by atoms with E-state index in [4.69, 9.17) is 24.7 Å². The van der Waals surface area contributed by atoms with Gasteiger partial charge in [-0.3, -0.25) is 14.2 Å². The second-order valence-corrected chi connectivity index (χ2v) is 9.77. The molecule has 2 N–H and O–H groups in total. The Kier molecular flexibility index (Phi) is 7.69. The first-order chi connectivity index (χ1) is 18.7. The Morgan fingerprint density at radius 3 is 2.15 bits per heavy atom. The number of carbonyl (C=O) groups excluding carboxylic acids is 1. The number of benzene rings is 2. The van der Waals surface area contributed by atoms with Crippen LogP contribution in [0.2, 0.25) is 0 Å². The molecule has 202 valence electrons. The Balaban J connectivity index is 2.07. The van der Waals surface area contributed by atoms with Gasteiger partial charge >= 0.3 is 0 Å². The number of aromatic nitrogens is 1. The second-order valence-electron chi connectivity index (χ2n) is 8.74. The van der Waals surface area contributed by atoms with Crippen molar-refractivity contribution in [2.24, 2.45) is 5.73 Å². The molecule has 0 saturated heterocycles. The third-order valence-electron chi connectivity index (χ3n) is 6.35. The summed E-state index contributed by atoms with van der Waals surface area (Å²) in [6.07, 6.45) is 1.68. The van der Waals surface area contributed by atoms with Gasteiger partial charge in [-0.25, -0.2) is 0 Å². The lowest BCUT2D eigenvalue weighted by Gasteiger charge is -2.27. The number of nitrogens with zero attached hydrogens (tertiary/aromatic N) is 3. The van der Waals surface area contributed by atoms with E-state index >= 15 is 0 Å². The van der Waals surface area contributed by atoms with Crippen LogP contribution in [0, 0.1) is 11.3 Å². The quantitative estimate of drug-likeness (QED) is 0.470. The fraction of sp³-hybridized carbons (Fsp3) is 0.250. The molecular formula is C28H28N4O6S. The maximum Gasteiger partial charge on any atom is 0.274 e. The maximum atomic E-state index is 13.6. The van der Waals surface area contributed by atoms with Crippen LogP contribution in [0.15, 0.2) is 46.8 Å². The van der Waals surface area contributed by atoms with Crippen molar-refractivity contribution >= 4 is 34.7 Å². The molecule has 2 heterocycles. The zero-order chi connectivity index (χ0) is 28.4. The molecule has 1 aliphatic rings. The van der Waals surface area contributed by atoms with Crippen molar-refractivity contribution in [2.75, 3.05) is 42.5 Å². The number of carbonyl (C=O) groups is 1. The van der Waals surface area contributed by atoms with Crippen molar-refractivity contribution in [1.82, 2.24) is 9.47 Å². The number of hydrogen-bond acceptors (Lipinski definition) is 9. The van der Waals surface area contributed by atoms with Crippen molar-refractivity contribution in [3.63, 3.8) is 0 Å². The van der Waals surface area contributed by atoms with Gasteiger partial charge in [0.15, 0.2) is 23.0 Å². The molecule has 0 spiro atoms. The van der Waals surface area contributed by atoms with E-state index in [0.29, 0.717) is 43.3 Å². The van der Waals surface area contributed by atoms with Gasteiger partial charge in [0.1, 0.15) is 10.5 Å². The smallest absolute Gasteiger partial charge is 0.274 e. The minimum atomic E-state index is -0.836. The monoisotopic (exact) mass is 548 g/mol. The number of amides is 1. The highest BCUT2D eigenvalue weighted by molar-refractivity contribution is 7.07. The minimum absolute atomic E-state index is 0.0317. The molecule has 0 aliphatic carbocycles. The second kappa shape index (κ2) is 11.0. The molecule has 0 radical (unpaired) electrons. The lowest BCUT2D eigenvalue weighted by molar-refractivity contribution is -0.123. The van der Waals surface area contributed by atoms with E-state index < -0.39 is 11.5 Å². The zero-order valence-corrected chi connectivity index (χ0v) is 23.2. The number of nitrogens with two attached hydrogens (primary N) is 1. The van der Waals surface area contributed by atoms with Crippen LogP contribution in [-0.2, 0) is 4.79 Å². The largest absolute Gasteiger partial charge is 0.493 e. The molecule has 4 rings (SSSR count). The average molecular weight is 549 g/mol. The highest BCUT2D eigenvalue weighted by Crippen LogP contribution is 2.40. The number of fused-ring (bicyclic) bond motifs is 1. The number of hydrogen-bond donors (Lipinski definition) is 1. The lowest BCUT2D eigenvalue weighted by Crippen LogP contribution is -2.41. The van der Waals surface area contributed by atoms with E-state index in [0.717, 1.165) is 11.3 Å². The first kappa shape index (κ1) is 27.3. The van der Waals surface area contributed by atoms with E-state index in [9.17, 15) is 14.9 Å². The third-order valence-corrected chi connectivity index (χ3v) is 7.46. The molecule has 1 atom stereocenters. The van der Waals surface area contributed by atoms with E-state index in [1.54, 1.807) is 56.6 Å². The van der Waals surface area contributed by atoms with Crippen molar-refractivity contribution in [3.05, 3.63) is 72.6 Å². The molecule has 0 bridgehead atoms. The van der Waals surface area contributed by atoms with E-state index in [1.807, 2.05) is 0 Å². The molecule has 39 heavy (non-hydrogen) atoms. The van der Waals surface area contributed by atoms with Gasteiger partial charge in [0.25, 0.3) is 11.5 Å². The van der Waals surface area contributed by atoms with Crippen LogP contribution in [-0.4, -0.2) is 57.9 Å². The van der Waals surface area contributed by atoms with Crippen molar-refractivity contribution in [1.29, 1.82) is 5.26 Å². The number of rotatable bonds is 7. The summed E-state index contributed by atoms with van der Waals surface area (Å²) in [5.74, 6) is 0.747. The van der Waals surface area contributed by atoms with Crippen LogP contribution in [0.5, 0.6) is 23.0 Å². The van der Waals surface area contributed by atoms with Gasteiger partial charge in [0.05, 0.1) is 56.1 Å². The standard InChI is InChI=1S/C28H28N4O6S/c1-31(2)27(34)24-23(16-8-10-19(36-4)21(13-16)38-6)17(14-29)25(30)32-26(33)22(39-28(24)32)12-15-7-9-18(35-3)20(11-15)37-5/h7-13,23H,30H2,1-6H3/b22-12+. The first-order valence-corrected chi connectivity index (χ1v) is 12.6. The summed E-state index contributed by atoms with van der Waals surface area (Å²) in [4.78, 5) is 28.7. The summed E-state index contributed by atoms with van der Waals surface area (Å²) in [7, 11) is 9.31. The van der Waals surface area contributed by atoms with Crippen LogP contribution in [0.3, 0.4) is 0 Å². The molecule has 3 aromatic rings. The van der Waals surface area contributed by atoms with E-state index in [1.165, 1.54) is 37.9 Å². The van der Waals surface area contributed by atoms with E-state index in [-0.39, 0.29) is 22.9 Å². The molecule has 1 aromatic heterocycles. The molecule has 1 aliphatic heterocycles. The lowest BCUT2D eigenvalue weighted by atomic mass is 9.83. The number of ether oxygens (including phenoxy) is 4. The molecule has 11 heteroatoms. The summed E-state index contributed by atoms with van der Waals surface area (Å²) in [5.41, 5.74) is 7.64. The van der Waals surface area contributed by atoms with Gasteiger partial charge in [0.2, 0.25) is 0 Å². The molecule has 0 fully saturated rings. The first-order valence-electron chi connectivity index (χ1n) is 11.7. The van der Waals surface area contributed by atoms with Crippen LogP contribution in [0.4, 0.5) is 0 Å². The summed E-state index contributed by atoms with van der Waals surface area (Å²) in [5, 5.41) is 10.2. The number of nitriles is 1. The van der Waals surface area contributed by atoms with Gasteiger partial charge in [-0.1, -0.05) is 12.1 Å². The Bertz CT molecular complexity index is 1710. The van der Waals surface area contributed by atoms with Gasteiger partial charge in [-0.05, 0) is 41.5 Å². The predicted octanol–water partition coefficient (Wildman–Crippen LogP) is 1.46. The van der Waals surface area contributed by atoms with Crippen molar-refractivity contribution in [3.8, 4) is 29.1 Å². The predicted molar refractivity (Wildman–Crippen MR) is 148 cm³/mol. The Labute approximate surface area is 229 Å². The number of thiazole rings is 1. The number of allylic oxidation sites excluding steroid dienone is 1. The Morgan fingerprint density at radius 2 is 1.59 bits per heavy atom. The van der Waals surface area contributed by atoms with Gasteiger partial charge < -0.3 is 29.6 Å². The van der Waals surface area contributed by atoms with Crippen LogP contribution in [0.1, 0.15) is 17.0 Å². The van der Waals surface area contributed by atoms with Crippen LogP contribution < -0.4 is 39.4 Å². The van der Waals surface area contributed by atoms with Crippen LogP contribution in [0.25, 0.3) is 17.5 Å². The third kappa shape index (κ3) is 4.70. The average Bonchev–Trinajstić information content (AvgIpc) is 3.27. The van der Waals surface area contributed by atoms with Crippen molar-refractivity contribution < 1.29 is 23.7 Å². The Morgan fingerprint density at radius 1 is 1.00 bits per heavy atom. The molecular weight excluding hydrogens is 520 g/mol. The van der Waals surface area contributed by atoms with E-state index in [2.05, 4.69) is 6.07 Å². The highest BCUT2D eigenvalue weighted by Gasteiger charge is 2.36. The number of methoxy groups -OCH3 is 4. The fourth-order valence-electron chi connectivity index (χ4n) is 4.45. The van der Waals surface area contributed by atoms with Gasteiger partial charge in [-0.2, -0.15) is 5.26 Å². The molecule has 1 amide bonds. The molecule has 2 aromatic carbocycles. The molecule has 1 unspecified atom stereocenters. The molecule has 10 nitrogen and oxygen atoms in total. The van der Waals surface area contributed by atoms with Gasteiger partial charge in [-0.15, -0.1) is 11.3 Å². The SMILES string of the molecule is COc1ccc(/C=c2/sc3n(c2=O)C(N)=C(C#N)C(c2ccc(OC)c(OC)c2)C=3C(=O)N(C)C)cc1OC. The maximum absolute atomic E-state index is 13.6. The van der Waals surface area contributed by atoms with Crippen molar-refractivity contribution in [2.45, 2.75) is 5.92 Å². The normalized spacial score (nSPS) is 14.9. The fourth-order valence-corrected chi connectivity index (χ4v) is 5.62. The summed E-state index contributed by atoms with van der Waals surface area (Å²) in [6.45, 7) is 0. The minimum Gasteiger partial charge on any atom is -0.493 e. The summed E-state index contributed by atoms with van der Waals surface area (Å²) >= 11 is 1.13. The summed E-state index contributed by atoms with van der Waals surface area (Å²) in [6, 6.07) is 12.5. The summed E-state index contributed by atoms with van der Waals surface area (Å²) < 4.78 is 23.4. The molecule has 0 saturated carbocycles. The Hall–Kier alpha value is -4.69. The van der Waals surface area contributed by atoms with Gasteiger partial charge in [0, 0.05) is 14.1 Å².